The molecule has 0 unspecified atom stereocenters. The van der Waals surface area contributed by atoms with Crippen LogP contribution in [0.4, 0.5) is 0 Å². The highest BCUT2D eigenvalue weighted by Crippen LogP contribution is 2.14. The van der Waals surface area contributed by atoms with E-state index in [0.29, 0.717) is 5.56 Å². The number of hydrogen-bond acceptors (Lipinski definition) is 1. The van der Waals surface area contributed by atoms with E-state index in [1.807, 2.05) is 23.9 Å². The number of aromatic nitrogens is 1. The molecular formula is C6H5BrN2. The largest absolute Gasteiger partial charge is 0.344 e. The summed E-state index contributed by atoms with van der Waals surface area (Å²) in [5.74, 6) is 0. The van der Waals surface area contributed by atoms with E-state index in [1.54, 1.807) is 6.07 Å². The molecule has 1 heterocycles. The molecule has 46 valence electrons. The van der Waals surface area contributed by atoms with E-state index < -0.39 is 0 Å². The van der Waals surface area contributed by atoms with Crippen molar-refractivity contribution in [3.05, 3.63) is 22.4 Å². The zero-order valence-corrected chi connectivity index (χ0v) is 6.51. The van der Waals surface area contributed by atoms with Crippen molar-refractivity contribution in [2.75, 3.05) is 0 Å². The summed E-state index contributed by atoms with van der Waals surface area (Å²) in [6.07, 6.45) is 1.84. The van der Waals surface area contributed by atoms with E-state index in [0.717, 1.165) is 4.60 Å². The maximum atomic E-state index is 8.44. The summed E-state index contributed by atoms with van der Waals surface area (Å²) in [4.78, 5) is 0. The molecule has 3 heteroatoms. The number of halogens is 1. The first kappa shape index (κ1) is 6.37. The smallest absolute Gasteiger partial charge is 0.102 e. The van der Waals surface area contributed by atoms with E-state index in [1.165, 1.54) is 0 Å². The lowest BCUT2D eigenvalue weighted by Crippen LogP contribution is -1.83. The van der Waals surface area contributed by atoms with Gasteiger partial charge in [0.25, 0.3) is 0 Å². The minimum Gasteiger partial charge on any atom is -0.344 e. The number of hydrogen-bond donors (Lipinski definition) is 0. The van der Waals surface area contributed by atoms with Crippen LogP contribution in [-0.2, 0) is 7.05 Å². The molecule has 0 fully saturated rings. The van der Waals surface area contributed by atoms with Crippen LogP contribution in [0.3, 0.4) is 0 Å². The first-order chi connectivity index (χ1) is 4.25. The number of nitrogens with zero attached hydrogens (tertiary/aromatic N) is 2. The van der Waals surface area contributed by atoms with Crippen molar-refractivity contribution in [3.8, 4) is 6.07 Å². The van der Waals surface area contributed by atoms with E-state index in [4.69, 9.17) is 5.26 Å². The monoisotopic (exact) mass is 184 g/mol. The van der Waals surface area contributed by atoms with Crippen molar-refractivity contribution in [1.29, 1.82) is 5.26 Å². The zero-order chi connectivity index (χ0) is 6.85. The molecule has 2 nitrogen and oxygen atoms in total. The van der Waals surface area contributed by atoms with E-state index in [9.17, 15) is 0 Å². The topological polar surface area (TPSA) is 28.7 Å². The second-order valence-electron chi connectivity index (χ2n) is 1.74. The van der Waals surface area contributed by atoms with Crippen LogP contribution in [0.25, 0.3) is 0 Å². The first-order valence-corrected chi connectivity index (χ1v) is 3.26. The van der Waals surface area contributed by atoms with Crippen LogP contribution in [0.1, 0.15) is 5.56 Å². The predicted molar refractivity (Wildman–Crippen MR) is 37.8 cm³/mol. The van der Waals surface area contributed by atoms with Gasteiger partial charge in [-0.15, -0.1) is 0 Å². The lowest BCUT2D eigenvalue weighted by Gasteiger charge is -1.89. The molecule has 1 aromatic rings. The Morgan fingerprint density at radius 1 is 1.78 bits per heavy atom. The third-order valence-electron chi connectivity index (χ3n) is 1.12. The van der Waals surface area contributed by atoms with Crippen molar-refractivity contribution < 1.29 is 0 Å². The van der Waals surface area contributed by atoms with Crippen molar-refractivity contribution in [3.63, 3.8) is 0 Å². The molecule has 1 aromatic heterocycles. The van der Waals surface area contributed by atoms with Crippen molar-refractivity contribution in [1.82, 2.24) is 4.57 Å². The zero-order valence-electron chi connectivity index (χ0n) is 4.93. The molecule has 1 rings (SSSR count). The molecule has 9 heavy (non-hydrogen) atoms. The summed E-state index contributed by atoms with van der Waals surface area (Å²) in [5, 5.41) is 8.44. The van der Waals surface area contributed by atoms with Gasteiger partial charge in [0.1, 0.15) is 10.7 Å². The van der Waals surface area contributed by atoms with Crippen molar-refractivity contribution in [2.24, 2.45) is 7.05 Å². The summed E-state index contributed by atoms with van der Waals surface area (Å²) in [6, 6.07) is 3.82. The Hall–Kier alpha value is -0.750. The second kappa shape index (κ2) is 2.24. The van der Waals surface area contributed by atoms with Gasteiger partial charge >= 0.3 is 0 Å². The van der Waals surface area contributed by atoms with Gasteiger partial charge in [0.2, 0.25) is 0 Å². The van der Waals surface area contributed by atoms with Crippen LogP contribution < -0.4 is 0 Å². The lowest BCUT2D eigenvalue weighted by atomic mass is 10.4. The number of rotatable bonds is 0. The van der Waals surface area contributed by atoms with E-state index in [-0.39, 0.29) is 0 Å². The van der Waals surface area contributed by atoms with Crippen LogP contribution in [0.5, 0.6) is 0 Å². The van der Waals surface area contributed by atoms with E-state index >= 15 is 0 Å². The molecule has 0 N–H and O–H groups in total. The van der Waals surface area contributed by atoms with Crippen LogP contribution in [0.2, 0.25) is 0 Å². The highest BCUT2D eigenvalue weighted by molar-refractivity contribution is 9.10. The molecule has 0 aliphatic heterocycles. The fourth-order valence-electron chi connectivity index (χ4n) is 0.594. The summed E-state index contributed by atoms with van der Waals surface area (Å²) in [5.41, 5.74) is 0.678. The Balaban J connectivity index is 3.24. The van der Waals surface area contributed by atoms with Gasteiger partial charge in [0.15, 0.2) is 0 Å². The maximum Gasteiger partial charge on any atom is 0.102 e. The minimum absolute atomic E-state index is 0.678. The maximum absolute atomic E-state index is 8.44. The molecule has 0 radical (unpaired) electrons. The number of nitriles is 1. The van der Waals surface area contributed by atoms with Gasteiger partial charge in [-0.25, -0.2) is 0 Å². The Labute approximate surface area is 61.8 Å². The van der Waals surface area contributed by atoms with Crippen molar-refractivity contribution >= 4 is 15.9 Å². The van der Waals surface area contributed by atoms with Crippen LogP contribution >= 0.6 is 15.9 Å². The molecule has 0 atom stereocenters. The van der Waals surface area contributed by atoms with Crippen LogP contribution in [-0.4, -0.2) is 4.57 Å². The molecule has 0 saturated carbocycles. The van der Waals surface area contributed by atoms with Gasteiger partial charge < -0.3 is 4.57 Å². The molecule has 0 saturated heterocycles. The van der Waals surface area contributed by atoms with Crippen molar-refractivity contribution in [2.45, 2.75) is 0 Å². The molecule has 0 spiro atoms. The van der Waals surface area contributed by atoms with E-state index in [2.05, 4.69) is 15.9 Å². The van der Waals surface area contributed by atoms with Gasteiger partial charge in [-0.1, -0.05) is 0 Å². The van der Waals surface area contributed by atoms with Crippen LogP contribution in [0.15, 0.2) is 16.9 Å². The third kappa shape index (κ3) is 0.984. The van der Waals surface area contributed by atoms with Gasteiger partial charge in [0.05, 0.1) is 5.56 Å². The van der Waals surface area contributed by atoms with Gasteiger partial charge in [-0.2, -0.15) is 5.26 Å². The second-order valence-corrected chi connectivity index (χ2v) is 2.49. The SMILES string of the molecule is Cn1ccc(C#N)c1Br. The first-order valence-electron chi connectivity index (χ1n) is 2.46. The van der Waals surface area contributed by atoms with Crippen LogP contribution in [0, 0.1) is 11.3 Å². The molecule has 0 aromatic carbocycles. The Morgan fingerprint density at radius 2 is 2.44 bits per heavy atom. The Morgan fingerprint density at radius 3 is 2.67 bits per heavy atom. The highest BCUT2D eigenvalue weighted by Gasteiger charge is 1.99. The highest BCUT2D eigenvalue weighted by atomic mass is 79.9. The predicted octanol–water partition coefficient (Wildman–Crippen LogP) is 1.66. The molecule has 0 bridgehead atoms. The fourth-order valence-corrected chi connectivity index (χ4v) is 0.933. The Bertz CT molecular complexity index is 257. The van der Waals surface area contributed by atoms with Gasteiger partial charge in [0, 0.05) is 13.2 Å². The summed E-state index contributed by atoms with van der Waals surface area (Å²) in [7, 11) is 1.88. The third-order valence-corrected chi connectivity index (χ3v) is 2.10. The average molecular weight is 185 g/mol. The average Bonchev–Trinajstić information content (AvgIpc) is 2.15. The quantitative estimate of drug-likeness (QED) is 0.604. The van der Waals surface area contributed by atoms with Gasteiger partial charge in [-0.05, 0) is 22.0 Å². The summed E-state index contributed by atoms with van der Waals surface area (Å²) >= 11 is 3.25. The number of aryl methyl sites for hydroxylation is 1. The molecular weight excluding hydrogens is 180 g/mol. The lowest BCUT2D eigenvalue weighted by molar-refractivity contribution is 0.900. The Kier molecular flexibility index (Phi) is 1.58. The summed E-state index contributed by atoms with van der Waals surface area (Å²) < 4.78 is 2.68. The normalized spacial score (nSPS) is 9.00. The fraction of sp³-hybridized carbons (Fsp3) is 0.167. The van der Waals surface area contributed by atoms with Gasteiger partial charge in [-0.3, -0.25) is 0 Å². The molecule has 0 aliphatic rings. The molecule has 0 aliphatic carbocycles. The molecule has 0 amide bonds. The minimum atomic E-state index is 0.678. The summed E-state index contributed by atoms with van der Waals surface area (Å²) in [6.45, 7) is 0. The standard InChI is InChI=1S/C6H5BrN2/c1-9-3-2-5(4-8)6(9)7/h2-3H,1H3.